The minimum absolute atomic E-state index is 0.0114. The van der Waals surface area contributed by atoms with E-state index in [1.54, 1.807) is 24.3 Å². The first-order valence-electron chi connectivity index (χ1n) is 15.2. The summed E-state index contributed by atoms with van der Waals surface area (Å²) in [7, 11) is -4.27. The number of carbonyl (C=O) groups excluding carboxylic acids is 2. The molecule has 11 heteroatoms. The molecule has 2 aliphatic heterocycles. The van der Waals surface area contributed by atoms with Crippen LogP contribution in [0.25, 0.3) is 0 Å². The molecule has 4 rings (SSSR count). The van der Waals surface area contributed by atoms with E-state index in [4.69, 9.17) is 4.98 Å². The lowest BCUT2D eigenvalue weighted by Crippen LogP contribution is -2.41. The van der Waals surface area contributed by atoms with E-state index in [0.717, 1.165) is 31.4 Å². The van der Waals surface area contributed by atoms with Gasteiger partial charge in [0, 0.05) is 41.2 Å². The van der Waals surface area contributed by atoms with Crippen LogP contribution in [0.2, 0.25) is 0 Å². The van der Waals surface area contributed by atoms with Crippen molar-refractivity contribution in [1.82, 2.24) is 20.0 Å². The van der Waals surface area contributed by atoms with Crippen molar-refractivity contribution < 1.29 is 18.0 Å². The number of rotatable bonds is 4. The average molecular weight is 613 g/mol. The monoisotopic (exact) mass is 612 g/mol. The Balaban J connectivity index is 1.69. The summed E-state index contributed by atoms with van der Waals surface area (Å²) in [4.78, 5) is 37.5. The second-order valence-corrected chi connectivity index (χ2v) is 16.3. The third-order valence-electron chi connectivity index (χ3n) is 8.08. The maximum absolute atomic E-state index is 13.6. The second-order valence-electron chi connectivity index (χ2n) is 14.7. The highest BCUT2D eigenvalue weighted by Crippen LogP contribution is 2.40. The van der Waals surface area contributed by atoms with Gasteiger partial charge in [0.2, 0.25) is 5.91 Å². The lowest BCUT2D eigenvalue weighted by molar-refractivity contribution is -0.122. The molecular weight excluding hydrogens is 564 g/mol. The number of nitrogens with zero attached hydrogens (tertiary/aromatic N) is 3. The van der Waals surface area contributed by atoms with E-state index in [2.05, 4.69) is 59.9 Å². The summed E-state index contributed by atoms with van der Waals surface area (Å²) < 4.78 is 29.0. The van der Waals surface area contributed by atoms with Gasteiger partial charge in [0.1, 0.15) is 11.6 Å². The molecule has 0 saturated carbocycles. The van der Waals surface area contributed by atoms with Crippen LogP contribution in [0.4, 0.5) is 11.6 Å². The Kier molecular flexibility index (Phi) is 9.17. The molecule has 1 saturated heterocycles. The van der Waals surface area contributed by atoms with Gasteiger partial charge in [-0.25, -0.2) is 14.7 Å². The minimum atomic E-state index is -4.27. The van der Waals surface area contributed by atoms with Gasteiger partial charge in [-0.15, -0.1) is 0 Å². The first kappa shape index (κ1) is 32.7. The SMILES string of the molecule is CC(C)(C)NC(=O)CCCC1CC[C@@H]2CN(c3nc(C(C)(C)C)ccc3C(=O)NS(=O)(=O)c3cccc(n3)N1)C(C)(C)C2. The lowest BCUT2D eigenvalue weighted by atomic mass is 9.90. The van der Waals surface area contributed by atoms with Gasteiger partial charge in [0.05, 0.1) is 5.56 Å². The summed E-state index contributed by atoms with van der Waals surface area (Å²) in [5, 5.41) is 6.21. The molecule has 2 aromatic rings. The summed E-state index contributed by atoms with van der Waals surface area (Å²) in [5.74, 6) is 0.542. The van der Waals surface area contributed by atoms with Crippen LogP contribution >= 0.6 is 0 Å². The van der Waals surface area contributed by atoms with Crippen LogP contribution in [0, 0.1) is 5.92 Å². The quantitative estimate of drug-likeness (QED) is 0.432. The Morgan fingerprint density at radius 1 is 1.07 bits per heavy atom. The van der Waals surface area contributed by atoms with E-state index in [-0.39, 0.29) is 39.0 Å². The molecule has 4 bridgehead atoms. The molecule has 0 radical (unpaired) electrons. The second kappa shape index (κ2) is 12.1. The Morgan fingerprint density at radius 2 is 1.79 bits per heavy atom. The number of pyridine rings is 2. The molecule has 0 spiro atoms. The zero-order valence-electron chi connectivity index (χ0n) is 26.9. The van der Waals surface area contributed by atoms with Crippen molar-refractivity contribution in [3.63, 3.8) is 0 Å². The molecule has 2 aliphatic rings. The third kappa shape index (κ3) is 8.25. The Bertz CT molecular complexity index is 1460. The zero-order chi connectivity index (χ0) is 31.8. The van der Waals surface area contributed by atoms with Crippen molar-refractivity contribution in [3.05, 3.63) is 41.6 Å². The number of nitrogens with one attached hydrogen (secondary N) is 3. The molecule has 3 N–H and O–H groups in total. The maximum atomic E-state index is 13.6. The zero-order valence-corrected chi connectivity index (χ0v) is 27.7. The van der Waals surface area contributed by atoms with E-state index >= 15 is 0 Å². The molecular formula is C32H48N6O4S. The first-order valence-corrected chi connectivity index (χ1v) is 16.7. The molecule has 2 atom stereocenters. The number of amides is 2. The van der Waals surface area contributed by atoms with Crippen molar-refractivity contribution in [2.75, 3.05) is 16.8 Å². The summed E-state index contributed by atoms with van der Waals surface area (Å²) >= 11 is 0. The van der Waals surface area contributed by atoms with Gasteiger partial charge in [-0.2, -0.15) is 8.42 Å². The van der Waals surface area contributed by atoms with Crippen molar-refractivity contribution in [3.8, 4) is 0 Å². The predicted molar refractivity (Wildman–Crippen MR) is 170 cm³/mol. The maximum Gasteiger partial charge on any atom is 0.281 e. The normalized spacial score (nSPS) is 22.0. The first-order chi connectivity index (χ1) is 19.8. The molecule has 2 amide bonds. The topological polar surface area (TPSA) is 133 Å². The van der Waals surface area contributed by atoms with Gasteiger partial charge in [0.25, 0.3) is 15.9 Å². The molecule has 236 valence electrons. The predicted octanol–water partition coefficient (Wildman–Crippen LogP) is 5.16. The van der Waals surface area contributed by atoms with Crippen LogP contribution < -0.4 is 20.3 Å². The van der Waals surface area contributed by atoms with Crippen molar-refractivity contribution in [2.45, 2.75) is 121 Å². The number of hydrogen-bond acceptors (Lipinski definition) is 8. The standard InChI is InChI=1S/C32H48N6O4S/c1-30(2,3)24-18-17-23-28(34-24)38-20-21(19-32(38,7)8)15-16-22(11-9-13-26(39)36-31(4,5)6)33-25-12-10-14-27(35-25)43(41,42)37-29(23)40/h10,12,14,17-18,21-22H,9,11,13,15-16,19-20H2,1-8H3,(H,33,35)(H,36,39)(H,37,40)/t21-,22?/m0/s1. The highest BCUT2D eigenvalue weighted by atomic mass is 32.2. The van der Waals surface area contributed by atoms with E-state index in [9.17, 15) is 18.0 Å². The van der Waals surface area contributed by atoms with Gasteiger partial charge < -0.3 is 15.5 Å². The van der Waals surface area contributed by atoms with Crippen molar-refractivity contribution >= 4 is 33.5 Å². The molecule has 2 aromatic heterocycles. The van der Waals surface area contributed by atoms with Crippen LogP contribution in [-0.2, 0) is 20.2 Å². The molecule has 0 aliphatic carbocycles. The third-order valence-corrected chi connectivity index (χ3v) is 9.31. The van der Waals surface area contributed by atoms with E-state index < -0.39 is 15.9 Å². The van der Waals surface area contributed by atoms with Gasteiger partial charge in [0.15, 0.2) is 5.03 Å². The fourth-order valence-electron chi connectivity index (χ4n) is 6.00. The molecule has 1 unspecified atom stereocenters. The summed E-state index contributed by atoms with van der Waals surface area (Å²) in [6.07, 6.45) is 4.47. The van der Waals surface area contributed by atoms with E-state index in [1.165, 1.54) is 6.07 Å². The van der Waals surface area contributed by atoms with Crippen LogP contribution in [-0.4, -0.2) is 53.9 Å². The van der Waals surface area contributed by atoms with E-state index in [1.807, 2.05) is 20.8 Å². The summed E-state index contributed by atoms with van der Waals surface area (Å²) in [5.41, 5.74) is 0.213. The number of aromatic nitrogens is 2. The van der Waals surface area contributed by atoms with Crippen LogP contribution in [0.1, 0.15) is 110 Å². The fourth-order valence-corrected chi connectivity index (χ4v) is 6.94. The average Bonchev–Trinajstić information content (AvgIpc) is 3.18. The molecule has 10 nitrogen and oxygen atoms in total. The van der Waals surface area contributed by atoms with E-state index in [0.29, 0.717) is 36.9 Å². The van der Waals surface area contributed by atoms with Gasteiger partial charge in [-0.3, -0.25) is 9.59 Å². The lowest BCUT2D eigenvalue weighted by Gasteiger charge is -2.34. The Morgan fingerprint density at radius 3 is 2.47 bits per heavy atom. The molecule has 4 heterocycles. The number of anilines is 2. The Labute approximate surface area is 256 Å². The van der Waals surface area contributed by atoms with Crippen LogP contribution in [0.5, 0.6) is 0 Å². The van der Waals surface area contributed by atoms with Gasteiger partial charge >= 0.3 is 0 Å². The van der Waals surface area contributed by atoms with Gasteiger partial charge in [-0.1, -0.05) is 26.8 Å². The Hall–Kier alpha value is -3.21. The number of carbonyl (C=O) groups is 2. The smallest absolute Gasteiger partial charge is 0.281 e. The van der Waals surface area contributed by atoms with Crippen LogP contribution in [0.15, 0.2) is 35.4 Å². The largest absolute Gasteiger partial charge is 0.367 e. The highest BCUT2D eigenvalue weighted by molar-refractivity contribution is 7.90. The van der Waals surface area contributed by atoms with Crippen molar-refractivity contribution in [2.24, 2.45) is 5.92 Å². The van der Waals surface area contributed by atoms with Crippen LogP contribution in [0.3, 0.4) is 0 Å². The summed E-state index contributed by atoms with van der Waals surface area (Å²) in [6.45, 7) is 17.1. The summed E-state index contributed by atoms with van der Waals surface area (Å²) in [6, 6.07) is 8.19. The molecule has 43 heavy (non-hydrogen) atoms. The molecule has 1 fully saturated rings. The minimum Gasteiger partial charge on any atom is -0.367 e. The molecule has 0 aromatic carbocycles. The number of hydrogen-bond donors (Lipinski definition) is 3. The highest BCUT2D eigenvalue weighted by Gasteiger charge is 2.41. The van der Waals surface area contributed by atoms with Crippen molar-refractivity contribution in [1.29, 1.82) is 0 Å². The fraction of sp³-hybridized carbons (Fsp3) is 0.625. The number of sulfonamides is 1. The number of fused-ring (bicyclic) bond motifs is 6. The van der Waals surface area contributed by atoms with Gasteiger partial charge in [-0.05, 0) is 96.9 Å².